The first-order chi connectivity index (χ1) is 12.2. The van der Waals surface area contributed by atoms with E-state index in [0.29, 0.717) is 10.2 Å². The number of nitrogens with one attached hydrogen (secondary N) is 2. The lowest BCUT2D eigenvalue weighted by molar-refractivity contribution is -0.384. The molecule has 0 aromatic heterocycles. The Morgan fingerprint density at radius 2 is 1.88 bits per heavy atom. The number of anilines is 1. The smallest absolute Gasteiger partial charge is 0.337 e. The number of non-ortho nitro benzene ring substituents is 1. The molecule has 0 radical (unpaired) electrons. The van der Waals surface area contributed by atoms with Gasteiger partial charge in [-0.2, -0.15) is 0 Å². The number of hydrogen-bond acceptors (Lipinski definition) is 5. The van der Waals surface area contributed by atoms with E-state index in [2.05, 4.69) is 26.6 Å². The van der Waals surface area contributed by atoms with Crippen molar-refractivity contribution in [2.75, 3.05) is 5.32 Å². The number of nitrogens with zero attached hydrogens (tertiary/aromatic N) is 1. The molecule has 0 saturated carbocycles. The number of carbonyl (C=O) groups is 2. The first-order valence-corrected chi connectivity index (χ1v) is 8.36. The van der Waals surface area contributed by atoms with E-state index in [4.69, 9.17) is 28.9 Å². The van der Waals surface area contributed by atoms with Gasteiger partial charge in [-0.25, -0.2) is 4.79 Å². The number of halogens is 2. The van der Waals surface area contributed by atoms with Gasteiger partial charge in [-0.05, 0) is 52.4 Å². The van der Waals surface area contributed by atoms with Crippen molar-refractivity contribution in [3.05, 3.63) is 67.1 Å². The minimum Gasteiger partial charge on any atom is -0.478 e. The third-order valence-corrected chi connectivity index (χ3v) is 4.31. The zero-order chi connectivity index (χ0) is 19.4. The first-order valence-electron chi connectivity index (χ1n) is 6.78. The number of amides is 1. The number of nitro groups is 1. The van der Waals surface area contributed by atoms with E-state index >= 15 is 0 Å². The van der Waals surface area contributed by atoms with Gasteiger partial charge in [-0.3, -0.25) is 20.2 Å². The molecule has 0 spiro atoms. The number of nitro benzene ring substituents is 1. The van der Waals surface area contributed by atoms with E-state index in [1.54, 1.807) is 0 Å². The number of hydrogen-bond donors (Lipinski definition) is 3. The van der Waals surface area contributed by atoms with Crippen molar-refractivity contribution in [2.24, 2.45) is 0 Å². The average Bonchev–Trinajstić information content (AvgIpc) is 2.56. The lowest BCUT2D eigenvalue weighted by Crippen LogP contribution is -2.34. The Hall–Kier alpha value is -2.56. The SMILES string of the molecule is O=C(O)c1cc(NC(=S)NC(=O)c2cc([N+](=O)[O-])ccc2Br)ccc1Cl. The summed E-state index contributed by atoms with van der Waals surface area (Å²) in [5.74, 6) is -1.89. The Balaban J connectivity index is 2.14. The molecule has 0 heterocycles. The van der Waals surface area contributed by atoms with Gasteiger partial charge in [-0.1, -0.05) is 11.6 Å². The minimum absolute atomic E-state index is 0.0191. The molecule has 0 atom stereocenters. The number of benzene rings is 2. The van der Waals surface area contributed by atoms with Crippen LogP contribution in [0.2, 0.25) is 5.02 Å². The second kappa shape index (κ2) is 8.21. The molecule has 0 aliphatic rings. The van der Waals surface area contributed by atoms with Crippen LogP contribution in [0, 0.1) is 10.1 Å². The molecule has 134 valence electrons. The van der Waals surface area contributed by atoms with Gasteiger partial charge < -0.3 is 10.4 Å². The summed E-state index contributed by atoms with van der Waals surface area (Å²) in [5, 5.41) is 24.8. The van der Waals surface area contributed by atoms with Crippen LogP contribution >= 0.6 is 39.7 Å². The summed E-state index contributed by atoms with van der Waals surface area (Å²) in [6.07, 6.45) is 0. The molecular formula is C15H9BrClN3O5S. The summed E-state index contributed by atoms with van der Waals surface area (Å²) in [6, 6.07) is 7.84. The maximum Gasteiger partial charge on any atom is 0.337 e. The van der Waals surface area contributed by atoms with Gasteiger partial charge in [0.25, 0.3) is 11.6 Å². The van der Waals surface area contributed by atoms with Gasteiger partial charge in [0, 0.05) is 22.3 Å². The molecule has 8 nitrogen and oxygen atoms in total. The molecule has 0 aliphatic heterocycles. The molecule has 0 bridgehead atoms. The zero-order valence-corrected chi connectivity index (χ0v) is 15.8. The molecule has 0 saturated heterocycles. The van der Waals surface area contributed by atoms with Gasteiger partial charge in [0.2, 0.25) is 0 Å². The van der Waals surface area contributed by atoms with Crippen LogP contribution in [-0.4, -0.2) is 27.0 Å². The Kier molecular flexibility index (Phi) is 6.24. The molecule has 3 N–H and O–H groups in total. The topological polar surface area (TPSA) is 122 Å². The standard InChI is InChI=1S/C15H9BrClN3O5S/c16-11-3-2-8(20(24)25)6-9(11)13(21)19-15(26)18-7-1-4-12(17)10(5-7)14(22)23/h1-6H,(H,22,23)(H2,18,19,21,26). The predicted octanol–water partition coefficient (Wildman–Crippen LogP) is 3.84. The van der Waals surface area contributed by atoms with E-state index in [1.807, 2.05) is 0 Å². The summed E-state index contributed by atoms with van der Waals surface area (Å²) in [4.78, 5) is 33.5. The van der Waals surface area contributed by atoms with Gasteiger partial charge in [0.1, 0.15) is 0 Å². The van der Waals surface area contributed by atoms with E-state index in [1.165, 1.54) is 30.3 Å². The Labute approximate surface area is 165 Å². The molecule has 11 heteroatoms. The first kappa shape index (κ1) is 19.8. The number of thiocarbonyl (C=S) groups is 1. The van der Waals surface area contributed by atoms with Gasteiger partial charge in [0.15, 0.2) is 5.11 Å². The Morgan fingerprint density at radius 3 is 2.50 bits per heavy atom. The molecule has 1 amide bonds. The maximum atomic E-state index is 12.3. The van der Waals surface area contributed by atoms with Crippen LogP contribution in [0.25, 0.3) is 0 Å². The number of carboxylic acid groups (broad SMARTS) is 1. The molecule has 0 aliphatic carbocycles. The van der Waals surface area contributed by atoms with Crippen molar-refractivity contribution in [2.45, 2.75) is 0 Å². The number of aromatic carboxylic acids is 1. The third kappa shape index (κ3) is 4.75. The van der Waals surface area contributed by atoms with Crippen molar-refractivity contribution in [3.63, 3.8) is 0 Å². The minimum atomic E-state index is -1.21. The van der Waals surface area contributed by atoms with Crippen LogP contribution in [0.1, 0.15) is 20.7 Å². The highest BCUT2D eigenvalue weighted by Crippen LogP contribution is 2.23. The Morgan fingerprint density at radius 1 is 1.19 bits per heavy atom. The van der Waals surface area contributed by atoms with Crippen molar-refractivity contribution < 1.29 is 19.6 Å². The maximum absolute atomic E-state index is 12.3. The number of carboxylic acids is 1. The third-order valence-electron chi connectivity index (χ3n) is 3.09. The summed E-state index contributed by atoms with van der Waals surface area (Å²) in [7, 11) is 0. The van der Waals surface area contributed by atoms with Crippen LogP contribution in [0.15, 0.2) is 40.9 Å². The molecule has 0 unspecified atom stereocenters. The lowest BCUT2D eigenvalue weighted by atomic mass is 10.2. The summed E-state index contributed by atoms with van der Waals surface area (Å²) >= 11 is 13.9. The highest BCUT2D eigenvalue weighted by atomic mass is 79.9. The second-order valence-corrected chi connectivity index (χ2v) is 6.50. The van der Waals surface area contributed by atoms with Crippen LogP contribution in [0.5, 0.6) is 0 Å². The fourth-order valence-corrected chi connectivity index (χ4v) is 2.74. The van der Waals surface area contributed by atoms with E-state index in [-0.39, 0.29) is 26.9 Å². The normalized spacial score (nSPS) is 10.1. The van der Waals surface area contributed by atoms with Crippen molar-refractivity contribution in [1.82, 2.24) is 5.32 Å². The summed E-state index contributed by atoms with van der Waals surface area (Å²) in [5.41, 5.74) is -0.0610. The highest BCUT2D eigenvalue weighted by Gasteiger charge is 2.17. The molecule has 2 rings (SSSR count). The summed E-state index contributed by atoms with van der Waals surface area (Å²) < 4.78 is 0.350. The monoisotopic (exact) mass is 457 g/mol. The van der Waals surface area contributed by atoms with Gasteiger partial charge in [-0.15, -0.1) is 0 Å². The predicted molar refractivity (Wildman–Crippen MR) is 103 cm³/mol. The van der Waals surface area contributed by atoms with Crippen molar-refractivity contribution >= 4 is 68.1 Å². The fraction of sp³-hybridized carbons (Fsp3) is 0. The second-order valence-electron chi connectivity index (χ2n) is 4.83. The van der Waals surface area contributed by atoms with Crippen LogP contribution in [0.3, 0.4) is 0 Å². The van der Waals surface area contributed by atoms with Crippen molar-refractivity contribution in [1.29, 1.82) is 0 Å². The molecule has 2 aromatic rings. The van der Waals surface area contributed by atoms with Crippen LogP contribution in [-0.2, 0) is 0 Å². The van der Waals surface area contributed by atoms with Crippen LogP contribution in [0.4, 0.5) is 11.4 Å². The average molecular weight is 459 g/mol. The summed E-state index contributed by atoms with van der Waals surface area (Å²) in [6.45, 7) is 0. The van der Waals surface area contributed by atoms with E-state index < -0.39 is 16.8 Å². The molecule has 2 aromatic carbocycles. The fourth-order valence-electron chi connectivity index (χ4n) is 1.90. The molecule has 26 heavy (non-hydrogen) atoms. The van der Waals surface area contributed by atoms with Gasteiger partial charge >= 0.3 is 5.97 Å². The molecular weight excluding hydrogens is 450 g/mol. The zero-order valence-electron chi connectivity index (χ0n) is 12.7. The Bertz CT molecular complexity index is 937. The highest BCUT2D eigenvalue weighted by molar-refractivity contribution is 9.10. The largest absolute Gasteiger partial charge is 0.478 e. The number of carbonyl (C=O) groups excluding carboxylic acids is 1. The van der Waals surface area contributed by atoms with Crippen molar-refractivity contribution in [3.8, 4) is 0 Å². The molecule has 0 fully saturated rings. The van der Waals surface area contributed by atoms with E-state index in [0.717, 1.165) is 6.07 Å². The quantitative estimate of drug-likeness (QED) is 0.361. The van der Waals surface area contributed by atoms with Gasteiger partial charge in [0.05, 0.1) is 21.1 Å². The van der Waals surface area contributed by atoms with E-state index in [9.17, 15) is 19.7 Å². The lowest BCUT2D eigenvalue weighted by Gasteiger charge is -2.11. The van der Waals surface area contributed by atoms with Crippen LogP contribution < -0.4 is 10.6 Å². The number of rotatable bonds is 4.